The maximum absolute atomic E-state index is 12.7. The van der Waals surface area contributed by atoms with Gasteiger partial charge in [-0.25, -0.2) is 17.0 Å². The molecule has 8 heteroatoms. The fraction of sp³-hybridized carbons (Fsp3) is 0.500. The average molecular weight is 341 g/mol. The van der Waals surface area contributed by atoms with E-state index in [4.69, 9.17) is 0 Å². The molecule has 0 amide bonds. The molecule has 6 nitrogen and oxygen atoms in total. The highest BCUT2D eigenvalue weighted by Crippen LogP contribution is 2.36. The van der Waals surface area contributed by atoms with Crippen LogP contribution in [0.25, 0.3) is 0 Å². The van der Waals surface area contributed by atoms with Gasteiger partial charge in [-0.2, -0.15) is 9.82 Å². The minimum atomic E-state index is -3.75. The molecule has 0 aromatic heterocycles. The SMILES string of the molecule is Cc1ccc(S(=O)(=O)NC23CCCCC2=NN(C)S3=O)cc1. The monoisotopic (exact) mass is 341 g/mol. The zero-order chi connectivity index (χ0) is 16.0. The van der Waals surface area contributed by atoms with Crippen LogP contribution in [0.2, 0.25) is 0 Å². The van der Waals surface area contributed by atoms with Crippen molar-refractivity contribution in [3.8, 4) is 0 Å². The second kappa shape index (κ2) is 5.43. The summed E-state index contributed by atoms with van der Waals surface area (Å²) in [6.07, 6.45) is 2.95. The van der Waals surface area contributed by atoms with E-state index in [9.17, 15) is 12.6 Å². The van der Waals surface area contributed by atoms with Crippen LogP contribution in [0.5, 0.6) is 0 Å². The van der Waals surface area contributed by atoms with Crippen molar-refractivity contribution in [2.24, 2.45) is 5.10 Å². The summed E-state index contributed by atoms with van der Waals surface area (Å²) in [6.45, 7) is 1.90. The first kappa shape index (κ1) is 15.6. The lowest BCUT2D eigenvalue weighted by molar-refractivity contribution is 0.503. The third-order valence-electron chi connectivity index (χ3n) is 4.09. The molecule has 1 aliphatic carbocycles. The van der Waals surface area contributed by atoms with Crippen LogP contribution in [0.3, 0.4) is 0 Å². The van der Waals surface area contributed by atoms with Gasteiger partial charge in [0.05, 0.1) is 10.6 Å². The van der Waals surface area contributed by atoms with E-state index in [0.717, 1.165) is 18.4 Å². The lowest BCUT2D eigenvalue weighted by Crippen LogP contribution is -2.57. The van der Waals surface area contributed by atoms with E-state index in [1.807, 2.05) is 6.92 Å². The number of sulfonamides is 1. The Hall–Kier alpha value is -1.25. The van der Waals surface area contributed by atoms with Crippen LogP contribution >= 0.6 is 0 Å². The van der Waals surface area contributed by atoms with Crippen molar-refractivity contribution in [1.29, 1.82) is 0 Å². The van der Waals surface area contributed by atoms with Gasteiger partial charge in [0.2, 0.25) is 10.0 Å². The molecule has 2 aliphatic rings. The lowest BCUT2D eigenvalue weighted by atomic mass is 9.93. The quantitative estimate of drug-likeness (QED) is 0.905. The molecule has 1 aromatic rings. The van der Waals surface area contributed by atoms with Crippen LogP contribution in [0.15, 0.2) is 34.3 Å². The van der Waals surface area contributed by atoms with Crippen LogP contribution in [0, 0.1) is 6.92 Å². The van der Waals surface area contributed by atoms with E-state index in [1.165, 1.54) is 4.41 Å². The van der Waals surface area contributed by atoms with Crippen LogP contribution in [-0.2, 0) is 21.0 Å². The Morgan fingerprint density at radius 3 is 2.64 bits per heavy atom. The first-order valence-electron chi connectivity index (χ1n) is 7.19. The van der Waals surface area contributed by atoms with Crippen LogP contribution in [0.1, 0.15) is 31.2 Å². The van der Waals surface area contributed by atoms with E-state index >= 15 is 0 Å². The number of nitrogens with one attached hydrogen (secondary N) is 1. The summed E-state index contributed by atoms with van der Waals surface area (Å²) in [5.74, 6) is 0. The molecular weight excluding hydrogens is 322 g/mol. The summed E-state index contributed by atoms with van der Waals surface area (Å²) < 4.78 is 42.0. The minimum Gasteiger partial charge on any atom is -0.233 e. The number of benzene rings is 1. The molecular formula is C14H19N3O3S2. The normalized spacial score (nSPS) is 28.4. The maximum Gasteiger partial charge on any atom is 0.242 e. The van der Waals surface area contributed by atoms with Gasteiger partial charge in [-0.15, -0.1) is 0 Å². The summed E-state index contributed by atoms with van der Waals surface area (Å²) in [7, 11) is -3.66. The van der Waals surface area contributed by atoms with E-state index in [1.54, 1.807) is 31.3 Å². The van der Waals surface area contributed by atoms with E-state index in [-0.39, 0.29) is 4.90 Å². The third kappa shape index (κ3) is 2.49. The highest BCUT2D eigenvalue weighted by atomic mass is 32.2. The Labute approximate surface area is 133 Å². The number of hydrogen-bond acceptors (Lipinski definition) is 4. The molecule has 22 heavy (non-hydrogen) atoms. The molecule has 0 spiro atoms. The van der Waals surface area contributed by atoms with Gasteiger partial charge in [0, 0.05) is 7.05 Å². The molecule has 1 heterocycles. The largest absolute Gasteiger partial charge is 0.242 e. The fourth-order valence-electron chi connectivity index (χ4n) is 2.90. The number of fused-ring (bicyclic) bond motifs is 1. The van der Waals surface area contributed by atoms with Gasteiger partial charge >= 0.3 is 0 Å². The predicted molar refractivity (Wildman–Crippen MR) is 86.0 cm³/mol. The Balaban J connectivity index is 1.98. The van der Waals surface area contributed by atoms with Crippen molar-refractivity contribution in [3.63, 3.8) is 0 Å². The van der Waals surface area contributed by atoms with Crippen molar-refractivity contribution in [3.05, 3.63) is 29.8 Å². The summed E-state index contributed by atoms with van der Waals surface area (Å²) in [4.78, 5) is -0.902. The number of rotatable bonds is 3. The van der Waals surface area contributed by atoms with Crippen LogP contribution in [-0.4, -0.2) is 34.7 Å². The molecule has 2 unspecified atom stereocenters. The Morgan fingerprint density at radius 2 is 1.95 bits per heavy atom. The second-order valence-corrected chi connectivity index (χ2v) is 9.12. The van der Waals surface area contributed by atoms with Crippen molar-refractivity contribution in [2.45, 2.75) is 42.4 Å². The molecule has 0 saturated heterocycles. The van der Waals surface area contributed by atoms with Gasteiger partial charge in [0.25, 0.3) is 0 Å². The average Bonchev–Trinajstić information content (AvgIpc) is 2.71. The molecule has 1 aliphatic heterocycles. The molecule has 1 N–H and O–H groups in total. The van der Waals surface area contributed by atoms with Gasteiger partial charge in [0.1, 0.15) is 0 Å². The number of nitrogens with zero attached hydrogens (tertiary/aromatic N) is 2. The summed E-state index contributed by atoms with van der Waals surface area (Å²) in [5, 5.41) is 4.28. The number of hydrazone groups is 1. The maximum atomic E-state index is 12.7. The smallest absolute Gasteiger partial charge is 0.233 e. The molecule has 0 radical (unpaired) electrons. The topological polar surface area (TPSA) is 78.8 Å². The summed E-state index contributed by atoms with van der Waals surface area (Å²) >= 11 is 0. The van der Waals surface area contributed by atoms with Crippen molar-refractivity contribution in [1.82, 2.24) is 9.14 Å². The van der Waals surface area contributed by atoms with E-state index in [2.05, 4.69) is 9.82 Å². The van der Waals surface area contributed by atoms with Crippen molar-refractivity contribution in [2.75, 3.05) is 7.05 Å². The second-order valence-electron chi connectivity index (χ2n) is 5.71. The molecule has 1 saturated carbocycles. The molecule has 1 fully saturated rings. The predicted octanol–water partition coefficient (Wildman–Crippen LogP) is 1.51. The third-order valence-corrected chi connectivity index (χ3v) is 7.43. The highest BCUT2D eigenvalue weighted by Gasteiger charge is 2.52. The molecule has 120 valence electrons. The molecule has 0 bridgehead atoms. The van der Waals surface area contributed by atoms with Crippen molar-refractivity contribution < 1.29 is 12.6 Å². The zero-order valence-electron chi connectivity index (χ0n) is 12.6. The standard InChI is InChI=1S/C14H19N3O3S2/c1-11-6-8-12(9-7-11)22(19,20)16-14-10-4-3-5-13(14)15-17(2)21(14)18/h6-9,16H,3-5,10H2,1-2H3. The molecule has 1 aromatic carbocycles. The van der Waals surface area contributed by atoms with Gasteiger partial charge in [0.15, 0.2) is 15.9 Å². The fourth-order valence-corrected chi connectivity index (χ4v) is 6.07. The van der Waals surface area contributed by atoms with Gasteiger partial charge in [-0.1, -0.05) is 17.7 Å². The number of aryl methyl sites for hydroxylation is 1. The van der Waals surface area contributed by atoms with Gasteiger partial charge in [-0.05, 0) is 44.7 Å². The lowest BCUT2D eigenvalue weighted by Gasteiger charge is -2.32. The summed E-state index contributed by atoms with van der Waals surface area (Å²) in [6, 6.07) is 6.63. The van der Waals surface area contributed by atoms with Crippen LogP contribution in [0.4, 0.5) is 0 Å². The first-order chi connectivity index (χ1) is 10.3. The first-order valence-corrected chi connectivity index (χ1v) is 9.78. The van der Waals surface area contributed by atoms with Gasteiger partial charge in [-0.3, -0.25) is 0 Å². The molecule has 2 atom stereocenters. The number of hydrogen-bond donors (Lipinski definition) is 1. The highest BCUT2D eigenvalue weighted by molar-refractivity contribution is 7.91. The van der Waals surface area contributed by atoms with Crippen LogP contribution < -0.4 is 4.72 Å². The Kier molecular flexibility index (Phi) is 3.86. The van der Waals surface area contributed by atoms with Crippen molar-refractivity contribution >= 4 is 26.7 Å². The Morgan fingerprint density at radius 1 is 1.27 bits per heavy atom. The van der Waals surface area contributed by atoms with Gasteiger partial charge < -0.3 is 0 Å². The molecule has 3 rings (SSSR count). The minimum absolute atomic E-state index is 0.184. The Bertz CT molecular complexity index is 743. The van der Waals surface area contributed by atoms with E-state index < -0.39 is 25.9 Å². The summed E-state index contributed by atoms with van der Waals surface area (Å²) in [5.41, 5.74) is 1.66. The zero-order valence-corrected chi connectivity index (χ0v) is 14.2. The van der Waals surface area contributed by atoms with E-state index in [0.29, 0.717) is 18.6 Å².